The third-order valence-electron chi connectivity index (χ3n) is 2.39. The molecule has 0 aromatic heterocycles. The van der Waals surface area contributed by atoms with Crippen LogP contribution in [0.4, 0.5) is 0 Å². The van der Waals surface area contributed by atoms with Crippen molar-refractivity contribution in [2.45, 2.75) is 24.6 Å². The summed E-state index contributed by atoms with van der Waals surface area (Å²) in [5, 5.41) is 1.84. The Morgan fingerprint density at radius 1 is 1.57 bits per heavy atom. The molecule has 0 aromatic rings. The lowest BCUT2D eigenvalue weighted by Crippen LogP contribution is -2.39. The maximum absolute atomic E-state index is 11.3. The van der Waals surface area contributed by atoms with Gasteiger partial charge in [-0.1, -0.05) is 6.42 Å². The molecular weight excluding hydrogens is 206 g/mol. The van der Waals surface area contributed by atoms with Crippen molar-refractivity contribution in [3.8, 4) is 0 Å². The van der Waals surface area contributed by atoms with Gasteiger partial charge < -0.3 is 10.1 Å². The highest BCUT2D eigenvalue weighted by molar-refractivity contribution is 6.30. The van der Waals surface area contributed by atoms with Gasteiger partial charge in [-0.3, -0.25) is 9.59 Å². The maximum Gasteiger partial charge on any atom is 0.325 e. The van der Waals surface area contributed by atoms with Crippen molar-refractivity contribution >= 4 is 23.5 Å². The van der Waals surface area contributed by atoms with Crippen molar-refractivity contribution in [1.82, 2.24) is 5.32 Å². The SMILES string of the molecule is COC(=O)C(Cl)CNC(=O)C1CCC1. The summed E-state index contributed by atoms with van der Waals surface area (Å²) in [4.78, 5) is 22.2. The van der Waals surface area contributed by atoms with E-state index in [0.717, 1.165) is 19.3 Å². The van der Waals surface area contributed by atoms with E-state index in [0.29, 0.717) is 0 Å². The lowest BCUT2D eigenvalue weighted by atomic mass is 9.85. The first kappa shape index (κ1) is 11.3. The minimum atomic E-state index is -0.788. The first-order valence-electron chi connectivity index (χ1n) is 4.64. The van der Waals surface area contributed by atoms with E-state index in [1.807, 2.05) is 0 Å². The van der Waals surface area contributed by atoms with Crippen LogP contribution in [0.1, 0.15) is 19.3 Å². The van der Waals surface area contributed by atoms with E-state index in [2.05, 4.69) is 10.1 Å². The lowest BCUT2D eigenvalue weighted by Gasteiger charge is -2.24. The zero-order chi connectivity index (χ0) is 10.6. The zero-order valence-corrected chi connectivity index (χ0v) is 8.84. The Morgan fingerprint density at radius 3 is 2.64 bits per heavy atom. The van der Waals surface area contributed by atoms with Gasteiger partial charge in [-0.2, -0.15) is 0 Å². The molecular formula is C9H14ClNO3. The normalized spacial score (nSPS) is 18.1. The summed E-state index contributed by atoms with van der Waals surface area (Å²) < 4.78 is 4.42. The summed E-state index contributed by atoms with van der Waals surface area (Å²) in [6.45, 7) is 0.142. The van der Waals surface area contributed by atoms with E-state index in [9.17, 15) is 9.59 Å². The van der Waals surface area contributed by atoms with Crippen molar-refractivity contribution in [1.29, 1.82) is 0 Å². The van der Waals surface area contributed by atoms with Crippen LogP contribution in [0.15, 0.2) is 0 Å². The standard InChI is InChI=1S/C9H14ClNO3/c1-14-9(13)7(10)5-11-8(12)6-3-2-4-6/h6-7H,2-5H2,1H3,(H,11,12). The molecule has 0 aromatic carbocycles. The van der Waals surface area contributed by atoms with Gasteiger partial charge in [0.15, 0.2) is 0 Å². The van der Waals surface area contributed by atoms with Gasteiger partial charge in [-0.15, -0.1) is 11.6 Å². The Labute approximate surface area is 87.9 Å². The Kier molecular flexibility index (Phi) is 4.20. The number of halogens is 1. The first-order valence-corrected chi connectivity index (χ1v) is 5.08. The molecule has 0 saturated heterocycles. The van der Waals surface area contributed by atoms with Gasteiger partial charge in [0.2, 0.25) is 5.91 Å². The molecule has 0 heterocycles. The second kappa shape index (κ2) is 5.20. The van der Waals surface area contributed by atoms with Crippen LogP contribution >= 0.6 is 11.6 Å². The number of methoxy groups -OCH3 is 1. The zero-order valence-electron chi connectivity index (χ0n) is 8.09. The van der Waals surface area contributed by atoms with E-state index in [1.165, 1.54) is 7.11 Å². The maximum atomic E-state index is 11.3. The largest absolute Gasteiger partial charge is 0.468 e. The van der Waals surface area contributed by atoms with Gasteiger partial charge >= 0.3 is 5.97 Å². The molecule has 1 N–H and O–H groups in total. The van der Waals surface area contributed by atoms with Gasteiger partial charge in [-0.25, -0.2) is 0 Å². The Bertz CT molecular complexity index is 228. The van der Waals surface area contributed by atoms with Crippen molar-refractivity contribution in [2.75, 3.05) is 13.7 Å². The van der Waals surface area contributed by atoms with Crippen molar-refractivity contribution in [3.05, 3.63) is 0 Å². The quantitative estimate of drug-likeness (QED) is 0.559. The molecule has 1 amide bonds. The van der Waals surface area contributed by atoms with Gasteiger partial charge in [-0.05, 0) is 12.8 Å². The lowest BCUT2D eigenvalue weighted by molar-refractivity contribution is -0.140. The summed E-state index contributed by atoms with van der Waals surface area (Å²) in [5.41, 5.74) is 0. The highest BCUT2D eigenvalue weighted by Crippen LogP contribution is 2.26. The Balaban J connectivity index is 2.18. The summed E-state index contributed by atoms with van der Waals surface area (Å²) in [6.07, 6.45) is 2.99. The third-order valence-corrected chi connectivity index (χ3v) is 2.72. The molecule has 1 rings (SSSR count). The van der Waals surface area contributed by atoms with E-state index in [-0.39, 0.29) is 18.4 Å². The minimum Gasteiger partial charge on any atom is -0.468 e. The summed E-state index contributed by atoms with van der Waals surface area (Å²) in [5.74, 6) is -0.400. The van der Waals surface area contributed by atoms with Crippen LogP contribution in [-0.2, 0) is 14.3 Å². The molecule has 1 aliphatic rings. The molecule has 1 atom stereocenters. The Hall–Kier alpha value is -0.770. The number of carbonyl (C=O) groups excluding carboxylic acids is 2. The van der Waals surface area contributed by atoms with Crippen LogP contribution in [-0.4, -0.2) is 30.9 Å². The molecule has 80 valence electrons. The van der Waals surface area contributed by atoms with Gasteiger partial charge in [0.25, 0.3) is 0 Å². The fraction of sp³-hybridized carbons (Fsp3) is 0.778. The number of esters is 1. The average Bonchev–Trinajstić information content (AvgIpc) is 2.10. The molecule has 1 unspecified atom stereocenters. The number of nitrogens with one attached hydrogen (secondary N) is 1. The second-order valence-corrected chi connectivity index (χ2v) is 3.89. The average molecular weight is 220 g/mol. The minimum absolute atomic E-state index is 0.00852. The molecule has 0 spiro atoms. The summed E-state index contributed by atoms with van der Waals surface area (Å²) >= 11 is 5.65. The molecule has 1 saturated carbocycles. The Morgan fingerprint density at radius 2 is 2.21 bits per heavy atom. The van der Waals surface area contributed by atoms with Crippen LogP contribution in [0.2, 0.25) is 0 Å². The number of hydrogen-bond acceptors (Lipinski definition) is 3. The van der Waals surface area contributed by atoms with E-state index in [1.54, 1.807) is 0 Å². The summed E-state index contributed by atoms with van der Waals surface area (Å²) in [7, 11) is 1.27. The number of carbonyl (C=O) groups is 2. The highest BCUT2D eigenvalue weighted by Gasteiger charge is 2.26. The van der Waals surface area contributed by atoms with Crippen molar-refractivity contribution in [2.24, 2.45) is 5.92 Å². The van der Waals surface area contributed by atoms with Crippen LogP contribution < -0.4 is 5.32 Å². The number of hydrogen-bond donors (Lipinski definition) is 1. The smallest absolute Gasteiger partial charge is 0.325 e. The monoisotopic (exact) mass is 219 g/mol. The van der Waals surface area contributed by atoms with Crippen LogP contribution in [0.3, 0.4) is 0 Å². The number of alkyl halides is 1. The van der Waals surface area contributed by atoms with Crippen LogP contribution in [0, 0.1) is 5.92 Å². The molecule has 0 radical (unpaired) electrons. The fourth-order valence-electron chi connectivity index (χ4n) is 1.22. The number of amides is 1. The second-order valence-electron chi connectivity index (χ2n) is 3.36. The van der Waals surface area contributed by atoms with Crippen LogP contribution in [0.5, 0.6) is 0 Å². The van der Waals surface area contributed by atoms with Gasteiger partial charge in [0.05, 0.1) is 7.11 Å². The van der Waals surface area contributed by atoms with Gasteiger partial charge in [0.1, 0.15) is 5.38 Å². The van der Waals surface area contributed by atoms with E-state index < -0.39 is 11.3 Å². The fourth-order valence-corrected chi connectivity index (χ4v) is 1.38. The van der Waals surface area contributed by atoms with Crippen molar-refractivity contribution in [3.63, 3.8) is 0 Å². The van der Waals surface area contributed by atoms with Gasteiger partial charge in [0, 0.05) is 12.5 Å². The predicted molar refractivity (Wildman–Crippen MR) is 52.0 cm³/mol. The first-order chi connectivity index (χ1) is 6.65. The van der Waals surface area contributed by atoms with E-state index in [4.69, 9.17) is 11.6 Å². The van der Waals surface area contributed by atoms with E-state index >= 15 is 0 Å². The van der Waals surface area contributed by atoms with Crippen molar-refractivity contribution < 1.29 is 14.3 Å². The molecule has 1 fully saturated rings. The molecule has 0 bridgehead atoms. The number of rotatable bonds is 4. The number of ether oxygens (including phenoxy) is 1. The third kappa shape index (κ3) is 2.87. The summed E-state index contributed by atoms with van der Waals surface area (Å²) in [6, 6.07) is 0. The molecule has 1 aliphatic carbocycles. The topological polar surface area (TPSA) is 55.4 Å². The van der Waals surface area contributed by atoms with Crippen LogP contribution in [0.25, 0.3) is 0 Å². The molecule has 14 heavy (non-hydrogen) atoms. The highest BCUT2D eigenvalue weighted by atomic mass is 35.5. The molecule has 5 heteroatoms. The predicted octanol–water partition coefficient (Wildman–Crippen LogP) is 0.683. The molecule has 0 aliphatic heterocycles. The molecule has 4 nitrogen and oxygen atoms in total.